The highest BCUT2D eigenvalue weighted by molar-refractivity contribution is 5.40. The molecular formula is C18H24O4. The normalized spacial score (nSPS) is 42.4. The van der Waals surface area contributed by atoms with E-state index in [0.717, 1.165) is 25.7 Å². The number of benzene rings is 1. The van der Waals surface area contributed by atoms with Crippen LogP contribution in [0.3, 0.4) is 0 Å². The predicted molar refractivity (Wildman–Crippen MR) is 81.3 cm³/mol. The molecule has 1 unspecified atom stereocenters. The fourth-order valence-electron chi connectivity index (χ4n) is 5.69. The number of rotatable bonds is 0. The van der Waals surface area contributed by atoms with Gasteiger partial charge in [-0.15, -0.1) is 0 Å². The average molecular weight is 304 g/mol. The molecule has 1 aromatic carbocycles. The van der Waals surface area contributed by atoms with E-state index in [2.05, 4.69) is 0 Å². The van der Waals surface area contributed by atoms with E-state index in [4.69, 9.17) is 0 Å². The first kappa shape index (κ1) is 14.5. The Morgan fingerprint density at radius 3 is 2.73 bits per heavy atom. The van der Waals surface area contributed by atoms with Crippen LogP contribution in [0.4, 0.5) is 0 Å². The molecule has 0 radical (unpaired) electrons. The van der Waals surface area contributed by atoms with Gasteiger partial charge in [-0.25, -0.2) is 0 Å². The lowest BCUT2D eigenvalue weighted by atomic mass is 9.54. The number of aromatic hydroxyl groups is 1. The minimum Gasteiger partial charge on any atom is -0.508 e. The topological polar surface area (TPSA) is 80.9 Å². The summed E-state index contributed by atoms with van der Waals surface area (Å²) in [5.74, 6) is -1.27. The lowest BCUT2D eigenvalue weighted by molar-refractivity contribution is -0.220. The monoisotopic (exact) mass is 304 g/mol. The first-order valence-corrected chi connectivity index (χ1v) is 8.27. The van der Waals surface area contributed by atoms with E-state index in [-0.39, 0.29) is 18.3 Å². The van der Waals surface area contributed by atoms with Crippen molar-refractivity contribution in [3.05, 3.63) is 29.3 Å². The van der Waals surface area contributed by atoms with Gasteiger partial charge in [0.25, 0.3) is 0 Å². The van der Waals surface area contributed by atoms with E-state index in [1.54, 1.807) is 6.07 Å². The number of phenolic OH excluding ortho intramolecular Hbond substituents is 1. The summed E-state index contributed by atoms with van der Waals surface area (Å²) < 4.78 is 0. The van der Waals surface area contributed by atoms with Gasteiger partial charge in [-0.2, -0.15) is 0 Å². The van der Waals surface area contributed by atoms with Gasteiger partial charge in [0.1, 0.15) is 5.75 Å². The van der Waals surface area contributed by atoms with Crippen LogP contribution in [0.1, 0.15) is 49.7 Å². The Morgan fingerprint density at radius 1 is 1.18 bits per heavy atom. The Balaban J connectivity index is 1.76. The lowest BCUT2D eigenvalue weighted by Gasteiger charge is -2.51. The van der Waals surface area contributed by atoms with Crippen molar-refractivity contribution in [1.29, 1.82) is 0 Å². The Bertz CT molecular complexity index is 611. The maximum Gasteiger partial charge on any atom is 0.168 e. The number of aryl methyl sites for hydroxylation is 1. The van der Waals surface area contributed by atoms with Gasteiger partial charge in [0.2, 0.25) is 0 Å². The molecule has 0 heterocycles. The van der Waals surface area contributed by atoms with E-state index in [9.17, 15) is 20.4 Å². The van der Waals surface area contributed by atoms with Gasteiger partial charge in [-0.1, -0.05) is 13.0 Å². The summed E-state index contributed by atoms with van der Waals surface area (Å²) in [6.07, 6.45) is 2.92. The van der Waals surface area contributed by atoms with E-state index in [1.807, 2.05) is 19.1 Å². The van der Waals surface area contributed by atoms with Crippen LogP contribution >= 0.6 is 0 Å². The third kappa shape index (κ3) is 1.81. The average Bonchev–Trinajstić information content (AvgIpc) is 2.63. The molecule has 22 heavy (non-hydrogen) atoms. The van der Waals surface area contributed by atoms with Gasteiger partial charge in [-0.05, 0) is 60.8 Å². The Kier molecular flexibility index (Phi) is 2.94. The highest BCUT2D eigenvalue weighted by Gasteiger charge is 2.64. The van der Waals surface area contributed by atoms with Gasteiger partial charge in [0, 0.05) is 17.8 Å². The number of phenols is 1. The molecule has 4 nitrogen and oxygen atoms in total. The van der Waals surface area contributed by atoms with E-state index in [1.165, 1.54) is 11.1 Å². The molecule has 4 rings (SSSR count). The molecule has 1 aromatic rings. The first-order valence-electron chi connectivity index (χ1n) is 8.27. The minimum absolute atomic E-state index is 0.0554. The smallest absolute Gasteiger partial charge is 0.168 e. The van der Waals surface area contributed by atoms with Crippen molar-refractivity contribution >= 4 is 0 Å². The van der Waals surface area contributed by atoms with Crippen LogP contribution in [0.2, 0.25) is 0 Å². The maximum atomic E-state index is 10.5. The quantitative estimate of drug-likeness (QED) is 0.552. The van der Waals surface area contributed by atoms with Crippen LogP contribution in [-0.4, -0.2) is 32.3 Å². The van der Waals surface area contributed by atoms with Crippen LogP contribution in [0, 0.1) is 17.3 Å². The molecule has 4 heteroatoms. The first-order chi connectivity index (χ1) is 10.3. The highest BCUT2D eigenvalue weighted by atomic mass is 16.5. The molecule has 0 aromatic heterocycles. The number of aliphatic hydroxyl groups is 3. The van der Waals surface area contributed by atoms with Gasteiger partial charge >= 0.3 is 0 Å². The second kappa shape index (κ2) is 4.47. The maximum absolute atomic E-state index is 10.5. The summed E-state index contributed by atoms with van der Waals surface area (Å²) in [6.45, 7) is 2.01. The van der Waals surface area contributed by atoms with Crippen molar-refractivity contribution in [2.75, 3.05) is 0 Å². The van der Waals surface area contributed by atoms with Gasteiger partial charge in [-0.3, -0.25) is 0 Å². The Labute approximate surface area is 130 Å². The van der Waals surface area contributed by atoms with Crippen LogP contribution in [-0.2, 0) is 6.42 Å². The van der Waals surface area contributed by atoms with Crippen molar-refractivity contribution in [3.8, 4) is 5.75 Å². The minimum atomic E-state index is -1.77. The second-order valence-corrected chi connectivity index (χ2v) is 7.81. The zero-order valence-electron chi connectivity index (χ0n) is 12.9. The van der Waals surface area contributed by atoms with E-state index >= 15 is 0 Å². The van der Waals surface area contributed by atoms with Gasteiger partial charge in [0.15, 0.2) is 5.79 Å². The second-order valence-electron chi connectivity index (χ2n) is 7.81. The summed E-state index contributed by atoms with van der Waals surface area (Å²) >= 11 is 0. The summed E-state index contributed by atoms with van der Waals surface area (Å²) in [5, 5.41) is 41.1. The van der Waals surface area contributed by atoms with Gasteiger partial charge in [0.05, 0.1) is 6.10 Å². The summed E-state index contributed by atoms with van der Waals surface area (Å²) in [6, 6.07) is 5.56. The number of hydrogen-bond acceptors (Lipinski definition) is 4. The summed E-state index contributed by atoms with van der Waals surface area (Å²) in [4.78, 5) is 0. The molecule has 0 aliphatic heterocycles. The molecule has 0 bridgehead atoms. The van der Waals surface area contributed by atoms with Gasteiger partial charge < -0.3 is 20.4 Å². The highest BCUT2D eigenvalue weighted by Crippen LogP contribution is 2.63. The van der Waals surface area contributed by atoms with Crippen molar-refractivity contribution in [1.82, 2.24) is 0 Å². The summed E-state index contributed by atoms with van der Waals surface area (Å²) in [7, 11) is 0. The zero-order chi connectivity index (χ0) is 15.7. The Morgan fingerprint density at radius 2 is 1.95 bits per heavy atom. The Hall–Kier alpha value is -1.10. The van der Waals surface area contributed by atoms with Crippen LogP contribution < -0.4 is 0 Å². The predicted octanol–water partition coefficient (Wildman–Crippen LogP) is 1.90. The molecule has 2 fully saturated rings. The summed E-state index contributed by atoms with van der Waals surface area (Å²) in [5.41, 5.74) is 2.03. The lowest BCUT2D eigenvalue weighted by Crippen LogP contribution is -2.50. The standard InChI is InChI=1S/C18H24O4/c1-17-7-6-13-12-5-3-11(19)8-10(12)2-4-14(13)16(17)18(21,22)9-15(17)20/h3,5,8,13-16,19-22H,2,4,6-7,9H2,1H3/t13-,14-,15?,16+,17-/m1/s1. The fraction of sp³-hybridized carbons (Fsp3) is 0.667. The van der Waals surface area contributed by atoms with Crippen LogP contribution in [0.5, 0.6) is 5.75 Å². The molecule has 120 valence electrons. The van der Waals surface area contributed by atoms with E-state index in [0.29, 0.717) is 11.7 Å². The van der Waals surface area contributed by atoms with Crippen molar-refractivity contribution < 1.29 is 20.4 Å². The third-order valence-electron chi connectivity index (χ3n) is 6.68. The molecule has 3 aliphatic rings. The molecule has 0 spiro atoms. The molecule has 0 saturated heterocycles. The number of fused-ring (bicyclic) bond motifs is 5. The molecule has 0 amide bonds. The van der Waals surface area contributed by atoms with E-state index < -0.39 is 17.3 Å². The molecule has 3 aliphatic carbocycles. The zero-order valence-corrected chi connectivity index (χ0v) is 12.9. The number of hydrogen-bond donors (Lipinski definition) is 4. The third-order valence-corrected chi connectivity index (χ3v) is 6.68. The largest absolute Gasteiger partial charge is 0.508 e. The van der Waals surface area contributed by atoms with Crippen LogP contribution in [0.25, 0.3) is 0 Å². The van der Waals surface area contributed by atoms with Crippen molar-refractivity contribution in [2.45, 2.75) is 56.8 Å². The van der Waals surface area contributed by atoms with Crippen LogP contribution in [0.15, 0.2) is 18.2 Å². The molecular weight excluding hydrogens is 280 g/mol. The van der Waals surface area contributed by atoms with Crippen molar-refractivity contribution in [3.63, 3.8) is 0 Å². The van der Waals surface area contributed by atoms with Crippen molar-refractivity contribution in [2.24, 2.45) is 17.3 Å². The SMILES string of the molecule is C[C@]12CC[C@@H]3c4ccc(O)cc4CC[C@H]3[C@@H]1C(O)(O)CC2O. The molecule has 2 saturated carbocycles. The fourth-order valence-corrected chi connectivity index (χ4v) is 5.69. The number of aliphatic hydroxyl groups excluding tert-OH is 1. The molecule has 5 atom stereocenters. The molecule has 4 N–H and O–H groups in total.